The lowest BCUT2D eigenvalue weighted by molar-refractivity contribution is -0.140. The first-order valence-corrected chi connectivity index (χ1v) is 14.9. The van der Waals surface area contributed by atoms with Crippen LogP contribution >= 0.6 is 0 Å². The van der Waals surface area contributed by atoms with Gasteiger partial charge >= 0.3 is 0 Å². The van der Waals surface area contributed by atoms with Crippen LogP contribution in [0.3, 0.4) is 0 Å². The van der Waals surface area contributed by atoms with Crippen molar-refractivity contribution in [3.8, 4) is 0 Å². The lowest BCUT2D eigenvalue weighted by atomic mass is 10.0. The molecule has 1 N–H and O–H groups in total. The summed E-state index contributed by atoms with van der Waals surface area (Å²) < 4.78 is 27.1. The van der Waals surface area contributed by atoms with Crippen LogP contribution in [0.2, 0.25) is 0 Å². The van der Waals surface area contributed by atoms with E-state index in [4.69, 9.17) is 0 Å². The number of carbonyl (C=O) groups excluding carboxylic acids is 2. The maximum absolute atomic E-state index is 14.1. The molecule has 1 atom stereocenters. The van der Waals surface area contributed by atoms with Gasteiger partial charge in [0.15, 0.2) is 0 Å². The maximum Gasteiger partial charge on any atom is 0.244 e. The zero-order valence-corrected chi connectivity index (χ0v) is 24.5. The van der Waals surface area contributed by atoms with E-state index in [1.807, 2.05) is 95.3 Å². The van der Waals surface area contributed by atoms with E-state index >= 15 is 0 Å². The number of nitrogens with zero attached hydrogens (tertiary/aromatic N) is 2. The maximum atomic E-state index is 14.1. The van der Waals surface area contributed by atoms with Crippen molar-refractivity contribution in [1.29, 1.82) is 0 Å². The molecule has 0 bridgehead atoms. The van der Waals surface area contributed by atoms with Gasteiger partial charge in [0.1, 0.15) is 12.6 Å². The van der Waals surface area contributed by atoms with Crippen LogP contribution in [0.15, 0.2) is 72.8 Å². The van der Waals surface area contributed by atoms with Gasteiger partial charge in [-0.25, -0.2) is 8.42 Å². The normalized spacial score (nSPS) is 12.2. The minimum absolute atomic E-state index is 0.130. The minimum atomic E-state index is -3.80. The second-order valence-corrected chi connectivity index (χ2v) is 12.3. The van der Waals surface area contributed by atoms with E-state index in [-0.39, 0.29) is 18.5 Å². The van der Waals surface area contributed by atoms with Gasteiger partial charge in [0.25, 0.3) is 0 Å². The third-order valence-electron chi connectivity index (χ3n) is 6.70. The zero-order valence-electron chi connectivity index (χ0n) is 23.6. The number of nitrogens with one attached hydrogen (secondary N) is 1. The fourth-order valence-electron chi connectivity index (χ4n) is 4.43. The number of aryl methyl sites for hydroxylation is 2. The van der Waals surface area contributed by atoms with Gasteiger partial charge in [-0.1, -0.05) is 72.3 Å². The van der Waals surface area contributed by atoms with Gasteiger partial charge in [-0.2, -0.15) is 0 Å². The molecule has 2 amide bonds. The molecule has 0 aliphatic heterocycles. The number of carbonyl (C=O) groups is 2. The van der Waals surface area contributed by atoms with Crippen molar-refractivity contribution < 1.29 is 18.0 Å². The molecular formula is C31H39N3O4S. The zero-order chi connectivity index (χ0) is 28.7. The second-order valence-electron chi connectivity index (χ2n) is 10.4. The van der Waals surface area contributed by atoms with Crippen molar-refractivity contribution in [3.63, 3.8) is 0 Å². The van der Waals surface area contributed by atoms with E-state index < -0.39 is 28.5 Å². The van der Waals surface area contributed by atoms with Gasteiger partial charge in [-0.3, -0.25) is 13.9 Å². The lowest BCUT2D eigenvalue weighted by Gasteiger charge is -2.34. The quantitative estimate of drug-likeness (QED) is 0.380. The summed E-state index contributed by atoms with van der Waals surface area (Å²) in [6.07, 6.45) is 1.39. The van der Waals surface area contributed by atoms with E-state index in [0.717, 1.165) is 38.4 Å². The molecule has 3 aromatic carbocycles. The fourth-order valence-corrected chi connectivity index (χ4v) is 5.33. The number of amides is 2. The molecule has 3 aromatic rings. The first kappa shape index (κ1) is 29.9. The average Bonchev–Trinajstić information content (AvgIpc) is 2.87. The Morgan fingerprint density at radius 2 is 1.49 bits per heavy atom. The highest BCUT2D eigenvalue weighted by Crippen LogP contribution is 2.26. The number of rotatable bonds is 11. The first-order chi connectivity index (χ1) is 18.4. The second kappa shape index (κ2) is 12.9. The molecular weight excluding hydrogens is 510 g/mol. The van der Waals surface area contributed by atoms with E-state index in [2.05, 4.69) is 5.32 Å². The predicted molar refractivity (Wildman–Crippen MR) is 157 cm³/mol. The molecule has 0 radical (unpaired) electrons. The van der Waals surface area contributed by atoms with Crippen molar-refractivity contribution in [2.45, 2.75) is 59.7 Å². The highest BCUT2D eigenvalue weighted by molar-refractivity contribution is 7.92. The fraction of sp³-hybridized carbons (Fsp3) is 0.355. The number of hydrogen-bond acceptors (Lipinski definition) is 4. The Labute approximate surface area is 232 Å². The summed E-state index contributed by atoms with van der Waals surface area (Å²) in [5.74, 6) is -0.742. The molecule has 39 heavy (non-hydrogen) atoms. The molecule has 0 fully saturated rings. The molecule has 1 unspecified atom stereocenters. The molecule has 8 heteroatoms. The van der Waals surface area contributed by atoms with E-state index in [0.29, 0.717) is 12.1 Å². The summed E-state index contributed by atoms with van der Waals surface area (Å²) in [6, 6.07) is 21.7. The van der Waals surface area contributed by atoms with Crippen LogP contribution in [0.5, 0.6) is 0 Å². The highest BCUT2D eigenvalue weighted by Gasteiger charge is 2.33. The van der Waals surface area contributed by atoms with Crippen LogP contribution in [0.1, 0.15) is 41.7 Å². The van der Waals surface area contributed by atoms with E-state index in [1.165, 1.54) is 4.90 Å². The van der Waals surface area contributed by atoms with Crippen LogP contribution in [0, 0.1) is 20.8 Å². The van der Waals surface area contributed by atoms with E-state index in [1.54, 1.807) is 12.1 Å². The van der Waals surface area contributed by atoms with Crippen molar-refractivity contribution in [2.75, 3.05) is 17.1 Å². The van der Waals surface area contributed by atoms with Gasteiger partial charge in [0, 0.05) is 19.0 Å². The Kier molecular flexibility index (Phi) is 9.92. The molecule has 0 saturated heterocycles. The van der Waals surface area contributed by atoms with Gasteiger partial charge < -0.3 is 10.2 Å². The molecule has 0 saturated carbocycles. The Hall–Kier alpha value is -3.65. The van der Waals surface area contributed by atoms with Crippen LogP contribution in [0.25, 0.3) is 0 Å². The number of hydrogen-bond donors (Lipinski definition) is 1. The smallest absolute Gasteiger partial charge is 0.244 e. The van der Waals surface area contributed by atoms with Crippen LogP contribution in [0.4, 0.5) is 5.69 Å². The largest absolute Gasteiger partial charge is 0.352 e. The standard InChI is InChI=1S/C31H39N3O4S/c1-22(2)32-31(36)29(19-26-12-8-7-9-13-26)33(20-27-17-15-23(3)16-18-27)30(35)21-34(39(6,37)38)28-14-10-11-24(4)25(28)5/h7-18,22,29H,19-21H2,1-6H3,(H,32,36). The van der Waals surface area contributed by atoms with Crippen LogP contribution < -0.4 is 9.62 Å². The van der Waals surface area contributed by atoms with Crippen LogP contribution in [-0.2, 0) is 32.6 Å². The monoisotopic (exact) mass is 549 g/mol. The summed E-state index contributed by atoms with van der Waals surface area (Å²) in [5, 5.41) is 2.96. The number of sulfonamides is 1. The summed E-state index contributed by atoms with van der Waals surface area (Å²) in [4.78, 5) is 29.2. The first-order valence-electron chi connectivity index (χ1n) is 13.1. The molecule has 0 aliphatic rings. The Morgan fingerprint density at radius 3 is 2.08 bits per heavy atom. The molecule has 0 aliphatic carbocycles. The summed E-state index contributed by atoms with van der Waals surface area (Å²) in [5.41, 5.74) is 4.97. The van der Waals surface area contributed by atoms with Gasteiger partial charge in [-0.05, 0) is 62.9 Å². The molecule has 0 heterocycles. The van der Waals surface area contributed by atoms with Gasteiger partial charge in [0.2, 0.25) is 21.8 Å². The molecule has 7 nitrogen and oxygen atoms in total. The average molecular weight is 550 g/mol. The van der Waals surface area contributed by atoms with Gasteiger partial charge in [-0.15, -0.1) is 0 Å². The van der Waals surface area contributed by atoms with Crippen molar-refractivity contribution in [1.82, 2.24) is 10.2 Å². The predicted octanol–water partition coefficient (Wildman–Crippen LogP) is 4.54. The van der Waals surface area contributed by atoms with E-state index in [9.17, 15) is 18.0 Å². The topological polar surface area (TPSA) is 86.8 Å². The molecule has 0 aromatic heterocycles. The third-order valence-corrected chi connectivity index (χ3v) is 7.83. The SMILES string of the molecule is Cc1ccc(CN(C(=O)CN(c2cccc(C)c2C)S(C)(=O)=O)C(Cc2ccccc2)C(=O)NC(C)C)cc1. The number of benzene rings is 3. The van der Waals surface area contributed by atoms with Crippen molar-refractivity contribution in [3.05, 3.63) is 101 Å². The molecule has 208 valence electrons. The Morgan fingerprint density at radius 1 is 0.846 bits per heavy atom. The molecule has 0 spiro atoms. The Bertz CT molecular complexity index is 1390. The van der Waals surface area contributed by atoms with Crippen molar-refractivity contribution >= 4 is 27.5 Å². The van der Waals surface area contributed by atoms with Crippen LogP contribution in [-0.4, -0.2) is 50.0 Å². The summed E-state index contributed by atoms with van der Waals surface area (Å²) >= 11 is 0. The Balaban J connectivity index is 2.07. The summed E-state index contributed by atoms with van der Waals surface area (Å²) in [6.45, 7) is 9.20. The third kappa shape index (κ3) is 8.17. The number of anilines is 1. The van der Waals surface area contributed by atoms with Crippen molar-refractivity contribution in [2.24, 2.45) is 0 Å². The molecule has 3 rings (SSSR count). The highest BCUT2D eigenvalue weighted by atomic mass is 32.2. The lowest BCUT2D eigenvalue weighted by Crippen LogP contribution is -2.54. The minimum Gasteiger partial charge on any atom is -0.352 e. The van der Waals surface area contributed by atoms with Gasteiger partial charge in [0.05, 0.1) is 11.9 Å². The summed E-state index contributed by atoms with van der Waals surface area (Å²) in [7, 11) is -3.80.